The summed E-state index contributed by atoms with van der Waals surface area (Å²) in [5, 5.41) is 16.2. The van der Waals surface area contributed by atoms with Gasteiger partial charge in [0.1, 0.15) is 11.6 Å². The molecule has 2 aromatic heterocycles. The van der Waals surface area contributed by atoms with E-state index >= 15 is 0 Å². The summed E-state index contributed by atoms with van der Waals surface area (Å²) < 4.78 is 0. The molecule has 1 N–H and O–H groups in total. The number of hydrogen-bond acceptors (Lipinski definition) is 9. The first kappa shape index (κ1) is 20.7. The zero-order chi connectivity index (χ0) is 22.4. The van der Waals surface area contributed by atoms with E-state index in [9.17, 15) is 5.11 Å². The first-order valence-corrected chi connectivity index (χ1v) is 12.2. The SMILES string of the molecule is CN1CCN(c2ccc(Nc3ncc4c(n3)N(C3CCCC3)C3(CCN=C3[O-])C4)nc2)CC1. The van der Waals surface area contributed by atoms with Crippen molar-refractivity contribution in [1.82, 2.24) is 19.9 Å². The first-order valence-electron chi connectivity index (χ1n) is 12.2. The summed E-state index contributed by atoms with van der Waals surface area (Å²) in [6.07, 6.45) is 9.86. The van der Waals surface area contributed by atoms with Gasteiger partial charge in [0.05, 0.1) is 17.4 Å². The van der Waals surface area contributed by atoms with Gasteiger partial charge in [-0.25, -0.2) is 9.97 Å². The normalized spacial score (nSPS) is 25.7. The van der Waals surface area contributed by atoms with Crippen LogP contribution in [0.3, 0.4) is 0 Å². The Balaban J connectivity index is 1.23. The third-order valence-corrected chi connectivity index (χ3v) is 7.74. The molecule has 1 atom stereocenters. The molecule has 0 bridgehead atoms. The summed E-state index contributed by atoms with van der Waals surface area (Å²) in [6.45, 7) is 4.78. The van der Waals surface area contributed by atoms with Gasteiger partial charge in [-0.05, 0) is 44.3 Å². The fourth-order valence-corrected chi connectivity index (χ4v) is 5.89. The second kappa shape index (κ2) is 8.13. The molecule has 5 heterocycles. The van der Waals surface area contributed by atoms with Crippen molar-refractivity contribution < 1.29 is 5.11 Å². The maximum atomic E-state index is 12.9. The van der Waals surface area contributed by atoms with Crippen LogP contribution in [0.15, 0.2) is 29.5 Å². The number of anilines is 4. The number of nitrogens with one attached hydrogen (secondary N) is 1. The van der Waals surface area contributed by atoms with Crippen molar-refractivity contribution in [3.05, 3.63) is 30.1 Å². The standard InChI is InChI=1S/C24H32N8O/c1-30-10-12-31(13-11-30)19-6-7-20(26-16-19)28-23-27-15-17-14-24(8-9-25-22(24)33)32(21(17)29-23)18-4-2-3-5-18/h6-7,15-16,18H,2-5,8-14H2,1H3,(H,25,33)(H,26,27,28,29)/p-1. The summed E-state index contributed by atoms with van der Waals surface area (Å²) in [5.41, 5.74) is 1.64. The van der Waals surface area contributed by atoms with Crippen molar-refractivity contribution in [3.8, 4) is 0 Å². The molecule has 1 spiro atoms. The fourth-order valence-electron chi connectivity index (χ4n) is 5.89. The van der Waals surface area contributed by atoms with E-state index in [1.54, 1.807) is 0 Å². The van der Waals surface area contributed by atoms with Gasteiger partial charge in [0.25, 0.3) is 0 Å². The molecule has 1 saturated carbocycles. The number of fused-ring (bicyclic) bond motifs is 1. The van der Waals surface area contributed by atoms with Crippen LogP contribution >= 0.6 is 0 Å². The Bertz CT molecular complexity index is 1040. The third kappa shape index (κ3) is 3.58. The minimum atomic E-state index is -0.549. The summed E-state index contributed by atoms with van der Waals surface area (Å²) in [5.74, 6) is 2.16. The Morgan fingerprint density at radius 3 is 2.58 bits per heavy atom. The van der Waals surface area contributed by atoms with Crippen molar-refractivity contribution in [2.75, 3.05) is 54.9 Å². The van der Waals surface area contributed by atoms with E-state index in [1.807, 2.05) is 18.5 Å². The second-order valence-electron chi connectivity index (χ2n) is 9.81. The van der Waals surface area contributed by atoms with Gasteiger partial charge in [-0.2, -0.15) is 4.98 Å². The predicted molar refractivity (Wildman–Crippen MR) is 127 cm³/mol. The van der Waals surface area contributed by atoms with Crippen LogP contribution in [-0.4, -0.2) is 77.1 Å². The quantitative estimate of drug-likeness (QED) is 0.755. The van der Waals surface area contributed by atoms with E-state index in [0.29, 0.717) is 25.0 Å². The molecule has 9 heteroatoms. The summed E-state index contributed by atoms with van der Waals surface area (Å²) in [6, 6.07) is 4.44. The first-order chi connectivity index (χ1) is 16.1. The lowest BCUT2D eigenvalue weighted by molar-refractivity contribution is -0.223. The molecule has 2 fully saturated rings. The number of aliphatic imine (C=N–C) groups is 1. The van der Waals surface area contributed by atoms with Crippen molar-refractivity contribution in [2.24, 2.45) is 4.99 Å². The topological polar surface area (TPSA) is 95.8 Å². The number of nitrogens with zero attached hydrogens (tertiary/aromatic N) is 7. The fraction of sp³-hybridized carbons (Fsp3) is 0.583. The van der Waals surface area contributed by atoms with Crippen LogP contribution in [0.1, 0.15) is 37.7 Å². The zero-order valence-corrected chi connectivity index (χ0v) is 19.2. The molecule has 2 aromatic rings. The largest absolute Gasteiger partial charge is 0.860 e. The van der Waals surface area contributed by atoms with Gasteiger partial charge in [0, 0.05) is 56.9 Å². The number of aromatic nitrogens is 3. The highest BCUT2D eigenvalue weighted by Gasteiger charge is 2.50. The Hall–Kier alpha value is -2.94. The average molecular weight is 448 g/mol. The Morgan fingerprint density at radius 2 is 1.88 bits per heavy atom. The molecule has 9 nitrogen and oxygen atoms in total. The summed E-state index contributed by atoms with van der Waals surface area (Å²) in [4.78, 5) is 25.4. The summed E-state index contributed by atoms with van der Waals surface area (Å²) >= 11 is 0. The Morgan fingerprint density at radius 1 is 1.06 bits per heavy atom. The molecule has 0 amide bonds. The molecule has 33 heavy (non-hydrogen) atoms. The third-order valence-electron chi connectivity index (χ3n) is 7.74. The Labute approximate surface area is 194 Å². The van der Waals surface area contributed by atoms with Crippen LogP contribution in [0.4, 0.5) is 23.3 Å². The smallest absolute Gasteiger partial charge is 0.230 e. The molecule has 0 aromatic carbocycles. The van der Waals surface area contributed by atoms with E-state index in [1.165, 1.54) is 12.8 Å². The van der Waals surface area contributed by atoms with Crippen molar-refractivity contribution in [3.63, 3.8) is 0 Å². The van der Waals surface area contributed by atoms with Crippen LogP contribution in [-0.2, 0) is 6.42 Å². The number of rotatable bonds is 4. The highest BCUT2D eigenvalue weighted by Crippen LogP contribution is 2.46. The minimum absolute atomic E-state index is 0.0167. The van der Waals surface area contributed by atoms with Crippen molar-refractivity contribution in [2.45, 2.75) is 50.1 Å². The highest BCUT2D eigenvalue weighted by molar-refractivity contribution is 5.91. The van der Waals surface area contributed by atoms with E-state index in [2.05, 4.69) is 48.1 Å². The van der Waals surface area contributed by atoms with E-state index < -0.39 is 5.54 Å². The zero-order valence-electron chi connectivity index (χ0n) is 19.2. The Kier molecular flexibility index (Phi) is 5.09. The van der Waals surface area contributed by atoms with Gasteiger partial charge in [0.15, 0.2) is 0 Å². The van der Waals surface area contributed by atoms with Gasteiger partial charge >= 0.3 is 0 Å². The van der Waals surface area contributed by atoms with Crippen LogP contribution in [0, 0.1) is 0 Å². The summed E-state index contributed by atoms with van der Waals surface area (Å²) in [7, 11) is 2.16. The highest BCUT2D eigenvalue weighted by atomic mass is 16.3. The predicted octanol–water partition coefficient (Wildman–Crippen LogP) is 1.57. The maximum absolute atomic E-state index is 12.9. The van der Waals surface area contributed by atoms with E-state index in [4.69, 9.17) is 4.98 Å². The minimum Gasteiger partial charge on any atom is -0.860 e. The molecule has 1 saturated heterocycles. The van der Waals surface area contributed by atoms with Crippen LogP contribution in [0.5, 0.6) is 0 Å². The molecular weight excluding hydrogens is 416 g/mol. The van der Waals surface area contributed by atoms with Gasteiger partial charge in [-0.15, -0.1) is 0 Å². The maximum Gasteiger partial charge on any atom is 0.230 e. The molecule has 0 radical (unpaired) electrons. The van der Waals surface area contributed by atoms with Gasteiger partial charge in [-0.3, -0.25) is 0 Å². The number of pyridine rings is 1. The lowest BCUT2D eigenvalue weighted by Gasteiger charge is -2.43. The number of hydrogen-bond donors (Lipinski definition) is 1. The number of likely N-dealkylation sites (N-methyl/N-ethyl adjacent to an activating group) is 1. The average Bonchev–Trinajstić information content (AvgIpc) is 3.55. The lowest BCUT2D eigenvalue weighted by Crippen LogP contribution is -2.59. The van der Waals surface area contributed by atoms with Gasteiger partial charge in [-0.1, -0.05) is 12.8 Å². The molecule has 174 valence electrons. The molecule has 1 aliphatic carbocycles. The van der Waals surface area contributed by atoms with Crippen LogP contribution in [0.25, 0.3) is 0 Å². The molecule has 6 rings (SSSR count). The molecule has 1 unspecified atom stereocenters. The lowest BCUT2D eigenvalue weighted by atomic mass is 9.91. The molecular formula is C24H31N8O-. The van der Waals surface area contributed by atoms with E-state index in [0.717, 1.165) is 68.3 Å². The molecule has 4 aliphatic rings. The van der Waals surface area contributed by atoms with Gasteiger partial charge < -0.3 is 30.1 Å². The molecule has 3 aliphatic heterocycles. The van der Waals surface area contributed by atoms with Gasteiger partial charge in [0.2, 0.25) is 5.95 Å². The van der Waals surface area contributed by atoms with Crippen LogP contribution < -0.4 is 20.2 Å². The van der Waals surface area contributed by atoms with E-state index in [-0.39, 0.29) is 5.90 Å². The van der Waals surface area contributed by atoms with Crippen LogP contribution in [0.2, 0.25) is 0 Å². The van der Waals surface area contributed by atoms with Crippen molar-refractivity contribution >= 4 is 29.2 Å². The van der Waals surface area contributed by atoms with Crippen molar-refractivity contribution in [1.29, 1.82) is 0 Å². The monoisotopic (exact) mass is 447 g/mol. The number of piperazine rings is 1. The second-order valence-corrected chi connectivity index (χ2v) is 9.81.